The largest absolute Gasteiger partial charge is 0.490 e. The van der Waals surface area contributed by atoms with E-state index in [1.807, 2.05) is 24.3 Å². The third kappa shape index (κ3) is 7.03. The molecule has 2 heterocycles. The summed E-state index contributed by atoms with van der Waals surface area (Å²) in [6, 6.07) is 7.48. The summed E-state index contributed by atoms with van der Waals surface area (Å²) in [5.41, 5.74) is 0.780. The zero-order valence-electron chi connectivity index (χ0n) is 16.4. The Morgan fingerprint density at radius 2 is 1.96 bits per heavy atom. The lowest BCUT2D eigenvalue weighted by atomic mass is 10.1. The molecule has 0 saturated carbocycles. The minimum atomic E-state index is -0.156. The van der Waals surface area contributed by atoms with Gasteiger partial charge in [0.15, 0.2) is 0 Å². The number of benzene rings is 1. The number of anilines is 1. The molecule has 2 amide bonds. The van der Waals surface area contributed by atoms with Crippen molar-refractivity contribution in [1.82, 2.24) is 10.2 Å². The van der Waals surface area contributed by atoms with Crippen molar-refractivity contribution >= 4 is 11.7 Å². The molecule has 1 aromatic rings. The van der Waals surface area contributed by atoms with Crippen LogP contribution in [0.3, 0.4) is 0 Å². The molecule has 0 unspecified atom stereocenters. The molecule has 2 saturated heterocycles. The van der Waals surface area contributed by atoms with E-state index in [1.54, 1.807) is 0 Å². The molecule has 2 fully saturated rings. The summed E-state index contributed by atoms with van der Waals surface area (Å²) in [5.74, 6) is 0.865. The van der Waals surface area contributed by atoms with E-state index >= 15 is 0 Å². The maximum Gasteiger partial charge on any atom is 0.319 e. The molecule has 0 bridgehead atoms. The minimum Gasteiger partial charge on any atom is -0.490 e. The Balaban J connectivity index is 1.29. The highest BCUT2D eigenvalue weighted by Gasteiger charge is 2.18. The van der Waals surface area contributed by atoms with Crippen LogP contribution >= 0.6 is 0 Å². The predicted octanol–water partition coefficient (Wildman–Crippen LogP) is 3.63. The number of carbonyl (C=O) groups is 1. The van der Waals surface area contributed by atoms with Crippen molar-refractivity contribution in [2.24, 2.45) is 0 Å². The van der Waals surface area contributed by atoms with Gasteiger partial charge in [-0.15, -0.1) is 0 Å². The van der Waals surface area contributed by atoms with Gasteiger partial charge in [0, 0.05) is 31.9 Å². The molecule has 0 aromatic heterocycles. The van der Waals surface area contributed by atoms with Crippen LogP contribution < -0.4 is 15.4 Å². The number of urea groups is 1. The van der Waals surface area contributed by atoms with Crippen molar-refractivity contribution in [3.8, 4) is 5.75 Å². The second kappa shape index (κ2) is 10.5. The molecule has 1 aromatic carbocycles. The van der Waals surface area contributed by atoms with Gasteiger partial charge in [-0.25, -0.2) is 4.79 Å². The number of piperidine rings is 1. The molecule has 3 rings (SSSR count). The van der Waals surface area contributed by atoms with Gasteiger partial charge in [0.1, 0.15) is 11.9 Å². The van der Waals surface area contributed by atoms with Gasteiger partial charge >= 0.3 is 6.03 Å². The van der Waals surface area contributed by atoms with Crippen molar-refractivity contribution in [2.75, 3.05) is 38.6 Å². The first-order valence-electron chi connectivity index (χ1n) is 10.3. The van der Waals surface area contributed by atoms with E-state index in [4.69, 9.17) is 9.47 Å². The van der Waals surface area contributed by atoms with Crippen LogP contribution in [0.1, 0.15) is 44.9 Å². The van der Waals surface area contributed by atoms with Crippen molar-refractivity contribution in [1.29, 1.82) is 0 Å². The number of nitrogens with one attached hydrogen (secondary N) is 2. The molecule has 27 heavy (non-hydrogen) atoms. The summed E-state index contributed by atoms with van der Waals surface area (Å²) in [4.78, 5) is 14.3. The first-order valence-corrected chi connectivity index (χ1v) is 10.3. The summed E-state index contributed by atoms with van der Waals surface area (Å²) >= 11 is 0. The quantitative estimate of drug-likeness (QED) is 0.681. The molecule has 2 aliphatic rings. The predicted molar refractivity (Wildman–Crippen MR) is 107 cm³/mol. The van der Waals surface area contributed by atoms with E-state index in [-0.39, 0.29) is 12.1 Å². The minimum absolute atomic E-state index is 0.156. The van der Waals surface area contributed by atoms with Crippen LogP contribution in [0, 0.1) is 0 Å². The first-order chi connectivity index (χ1) is 13.2. The van der Waals surface area contributed by atoms with E-state index in [0.717, 1.165) is 63.2 Å². The van der Waals surface area contributed by atoms with Crippen molar-refractivity contribution in [3.05, 3.63) is 24.3 Å². The van der Waals surface area contributed by atoms with Crippen LogP contribution in [-0.4, -0.2) is 56.4 Å². The molecule has 6 nitrogen and oxygen atoms in total. The average molecular weight is 376 g/mol. The molecule has 150 valence electrons. The topological polar surface area (TPSA) is 62.8 Å². The number of amides is 2. The number of rotatable bonds is 8. The third-order valence-electron chi connectivity index (χ3n) is 5.34. The Kier molecular flexibility index (Phi) is 7.78. The number of hydrogen-bond acceptors (Lipinski definition) is 4. The highest BCUT2D eigenvalue weighted by molar-refractivity contribution is 5.89. The van der Waals surface area contributed by atoms with E-state index < -0.39 is 0 Å². The maximum atomic E-state index is 12.0. The van der Waals surface area contributed by atoms with Crippen LogP contribution in [-0.2, 0) is 4.74 Å². The summed E-state index contributed by atoms with van der Waals surface area (Å²) < 4.78 is 11.6. The number of hydrogen-bond donors (Lipinski definition) is 2. The molecular weight excluding hydrogens is 342 g/mol. The van der Waals surface area contributed by atoms with Gasteiger partial charge < -0.3 is 25.0 Å². The molecule has 0 radical (unpaired) electrons. The highest BCUT2D eigenvalue weighted by Crippen LogP contribution is 2.21. The van der Waals surface area contributed by atoms with E-state index in [2.05, 4.69) is 22.6 Å². The fraction of sp³-hybridized carbons (Fsp3) is 0.667. The Morgan fingerprint density at radius 3 is 2.67 bits per heavy atom. The van der Waals surface area contributed by atoms with Crippen LogP contribution in [0.15, 0.2) is 24.3 Å². The number of unbranched alkanes of at least 4 members (excludes halogenated alkanes) is 1. The zero-order chi connectivity index (χ0) is 18.9. The monoisotopic (exact) mass is 375 g/mol. The van der Waals surface area contributed by atoms with Crippen LogP contribution in [0.2, 0.25) is 0 Å². The average Bonchev–Trinajstić information content (AvgIpc) is 3.18. The fourth-order valence-electron chi connectivity index (χ4n) is 3.66. The van der Waals surface area contributed by atoms with E-state index in [1.165, 1.54) is 12.8 Å². The Bertz CT molecular complexity index is 565. The van der Waals surface area contributed by atoms with Gasteiger partial charge in [-0.05, 0) is 76.3 Å². The van der Waals surface area contributed by atoms with Crippen molar-refractivity contribution in [3.63, 3.8) is 0 Å². The summed E-state index contributed by atoms with van der Waals surface area (Å²) in [6.07, 6.45) is 8.40. The van der Waals surface area contributed by atoms with Gasteiger partial charge in [-0.2, -0.15) is 0 Å². The first kappa shape index (κ1) is 20.0. The Morgan fingerprint density at radius 1 is 1.19 bits per heavy atom. The Labute approximate surface area is 162 Å². The van der Waals surface area contributed by atoms with E-state index in [9.17, 15) is 4.79 Å². The van der Waals surface area contributed by atoms with Gasteiger partial charge in [-0.3, -0.25) is 0 Å². The molecule has 1 atom stereocenters. The Hall–Kier alpha value is -1.79. The molecule has 2 N–H and O–H groups in total. The SMILES string of the molecule is CN1CCC(Oc2ccc(NC(=O)NCCCC[C@@H]3CCCO3)cc2)CC1. The maximum absolute atomic E-state index is 12.0. The lowest BCUT2D eigenvalue weighted by Gasteiger charge is -2.29. The standard InChI is InChI=1S/C21H33N3O3/c1-24-14-11-20(12-15-24)27-19-9-7-17(8-10-19)23-21(25)22-13-3-2-5-18-6-4-16-26-18/h7-10,18,20H,2-6,11-16H2,1H3,(H2,22,23,25)/t18-/m1/s1. The van der Waals surface area contributed by atoms with Crippen molar-refractivity contribution in [2.45, 2.75) is 57.2 Å². The molecular formula is C21H33N3O3. The molecule has 0 aliphatic carbocycles. The number of carbonyl (C=O) groups excluding carboxylic acids is 1. The van der Waals surface area contributed by atoms with Gasteiger partial charge in [0.2, 0.25) is 0 Å². The number of ether oxygens (including phenoxy) is 2. The fourth-order valence-corrected chi connectivity index (χ4v) is 3.66. The molecule has 2 aliphatic heterocycles. The summed E-state index contributed by atoms with van der Waals surface area (Å²) in [5, 5.41) is 5.79. The number of likely N-dealkylation sites (tertiary alicyclic amines) is 1. The van der Waals surface area contributed by atoms with Gasteiger partial charge in [0.25, 0.3) is 0 Å². The van der Waals surface area contributed by atoms with Gasteiger partial charge in [0.05, 0.1) is 6.10 Å². The second-order valence-corrected chi connectivity index (χ2v) is 7.66. The van der Waals surface area contributed by atoms with Crippen LogP contribution in [0.4, 0.5) is 10.5 Å². The van der Waals surface area contributed by atoms with Crippen LogP contribution in [0.25, 0.3) is 0 Å². The number of nitrogens with zero attached hydrogens (tertiary/aromatic N) is 1. The lowest BCUT2D eigenvalue weighted by Crippen LogP contribution is -2.35. The smallest absolute Gasteiger partial charge is 0.319 e. The molecule has 6 heteroatoms. The van der Waals surface area contributed by atoms with E-state index in [0.29, 0.717) is 12.6 Å². The lowest BCUT2D eigenvalue weighted by molar-refractivity contribution is 0.102. The normalized spacial score (nSPS) is 21.1. The van der Waals surface area contributed by atoms with Crippen LogP contribution in [0.5, 0.6) is 5.75 Å². The highest BCUT2D eigenvalue weighted by atomic mass is 16.5. The zero-order valence-corrected chi connectivity index (χ0v) is 16.4. The summed E-state index contributed by atoms with van der Waals surface area (Å²) in [6.45, 7) is 3.76. The second-order valence-electron chi connectivity index (χ2n) is 7.66. The molecule has 0 spiro atoms. The summed E-state index contributed by atoms with van der Waals surface area (Å²) in [7, 11) is 2.14. The third-order valence-corrected chi connectivity index (χ3v) is 5.34. The van der Waals surface area contributed by atoms with Crippen molar-refractivity contribution < 1.29 is 14.3 Å². The van der Waals surface area contributed by atoms with Gasteiger partial charge in [-0.1, -0.05) is 0 Å².